The monoisotopic (exact) mass is 299 g/mol. The molecule has 1 saturated carbocycles. The van der Waals surface area contributed by atoms with E-state index in [0.29, 0.717) is 18.5 Å². The van der Waals surface area contributed by atoms with E-state index in [1.807, 2.05) is 20.8 Å². The molecule has 0 radical (unpaired) electrons. The van der Waals surface area contributed by atoms with E-state index in [-0.39, 0.29) is 6.09 Å². The Morgan fingerprint density at radius 1 is 1.29 bits per heavy atom. The molecule has 1 aliphatic rings. The zero-order valence-corrected chi connectivity index (χ0v) is 14.4. The van der Waals surface area contributed by atoms with Gasteiger partial charge in [-0.05, 0) is 73.1 Å². The highest BCUT2D eigenvalue weighted by Crippen LogP contribution is 2.25. The van der Waals surface area contributed by atoms with E-state index in [4.69, 9.17) is 4.74 Å². The van der Waals surface area contributed by atoms with Gasteiger partial charge in [-0.1, -0.05) is 6.42 Å². The average Bonchev–Trinajstić information content (AvgIpc) is 2.77. The van der Waals surface area contributed by atoms with Crippen LogP contribution in [-0.2, 0) is 4.74 Å². The Bertz CT molecular complexity index is 313. The lowest BCUT2D eigenvalue weighted by Gasteiger charge is -2.24. The van der Waals surface area contributed by atoms with Gasteiger partial charge in [-0.25, -0.2) is 4.79 Å². The third-order valence-corrected chi connectivity index (χ3v) is 3.76. The second-order valence-corrected chi connectivity index (χ2v) is 7.29. The zero-order valence-electron chi connectivity index (χ0n) is 14.4. The van der Waals surface area contributed by atoms with E-state index in [1.165, 1.54) is 19.3 Å². The SMILES string of the molecule is CN(C)CCCNC1CCCC1CNC(=O)OC(C)(C)C. The highest BCUT2D eigenvalue weighted by molar-refractivity contribution is 5.67. The highest BCUT2D eigenvalue weighted by atomic mass is 16.6. The normalized spacial score (nSPS) is 22.6. The summed E-state index contributed by atoms with van der Waals surface area (Å²) in [6, 6.07) is 0.530. The van der Waals surface area contributed by atoms with Crippen LogP contribution in [0.1, 0.15) is 46.5 Å². The lowest BCUT2D eigenvalue weighted by Crippen LogP contribution is -2.41. The van der Waals surface area contributed by atoms with Crippen molar-refractivity contribution in [2.75, 3.05) is 33.7 Å². The largest absolute Gasteiger partial charge is 0.444 e. The molecule has 1 amide bonds. The molecular weight excluding hydrogens is 266 g/mol. The van der Waals surface area contributed by atoms with Crippen LogP contribution >= 0.6 is 0 Å². The summed E-state index contributed by atoms with van der Waals surface area (Å²) in [5.74, 6) is 0.525. The Morgan fingerprint density at radius 3 is 2.62 bits per heavy atom. The molecule has 0 spiro atoms. The van der Waals surface area contributed by atoms with Crippen LogP contribution in [0.15, 0.2) is 0 Å². The van der Waals surface area contributed by atoms with Gasteiger partial charge in [0.1, 0.15) is 5.60 Å². The minimum atomic E-state index is -0.427. The summed E-state index contributed by atoms with van der Waals surface area (Å²) in [5.41, 5.74) is -0.427. The zero-order chi connectivity index (χ0) is 15.9. The topological polar surface area (TPSA) is 53.6 Å². The summed E-state index contributed by atoms with van der Waals surface area (Å²) in [6.45, 7) is 8.53. The van der Waals surface area contributed by atoms with E-state index in [0.717, 1.165) is 19.5 Å². The minimum absolute atomic E-state index is 0.305. The molecule has 1 aliphatic carbocycles. The summed E-state index contributed by atoms with van der Waals surface area (Å²) in [5, 5.41) is 6.55. The van der Waals surface area contributed by atoms with Crippen molar-refractivity contribution in [1.29, 1.82) is 0 Å². The molecule has 2 unspecified atom stereocenters. The van der Waals surface area contributed by atoms with Crippen molar-refractivity contribution in [3.8, 4) is 0 Å². The van der Waals surface area contributed by atoms with E-state index in [9.17, 15) is 4.79 Å². The highest BCUT2D eigenvalue weighted by Gasteiger charge is 2.27. The molecular formula is C16H33N3O2. The molecule has 0 aliphatic heterocycles. The number of alkyl carbamates (subject to hydrolysis) is 1. The minimum Gasteiger partial charge on any atom is -0.444 e. The van der Waals surface area contributed by atoms with Crippen molar-refractivity contribution in [3.05, 3.63) is 0 Å². The first-order valence-corrected chi connectivity index (χ1v) is 8.13. The predicted molar refractivity (Wildman–Crippen MR) is 86.5 cm³/mol. The quantitative estimate of drug-likeness (QED) is 0.708. The number of nitrogens with zero attached hydrogens (tertiary/aromatic N) is 1. The lowest BCUT2D eigenvalue weighted by atomic mass is 10.0. The molecule has 5 nitrogen and oxygen atoms in total. The van der Waals surface area contributed by atoms with Crippen LogP contribution in [0, 0.1) is 5.92 Å². The molecule has 0 aromatic heterocycles. The number of nitrogens with one attached hydrogen (secondary N) is 2. The number of carbonyl (C=O) groups excluding carboxylic acids is 1. The Morgan fingerprint density at radius 2 is 2.00 bits per heavy atom. The van der Waals surface area contributed by atoms with Crippen LogP contribution in [0.25, 0.3) is 0 Å². The second-order valence-electron chi connectivity index (χ2n) is 7.29. The van der Waals surface area contributed by atoms with Crippen molar-refractivity contribution in [2.24, 2.45) is 5.92 Å². The van der Waals surface area contributed by atoms with Gasteiger partial charge in [0, 0.05) is 12.6 Å². The van der Waals surface area contributed by atoms with Gasteiger partial charge in [-0.15, -0.1) is 0 Å². The molecule has 0 aromatic carbocycles. The molecule has 124 valence electrons. The molecule has 1 fully saturated rings. The van der Waals surface area contributed by atoms with Crippen LogP contribution in [0.3, 0.4) is 0 Å². The van der Waals surface area contributed by atoms with Crippen LogP contribution in [0.5, 0.6) is 0 Å². The van der Waals surface area contributed by atoms with Gasteiger partial charge >= 0.3 is 6.09 Å². The van der Waals surface area contributed by atoms with Crippen molar-refractivity contribution in [3.63, 3.8) is 0 Å². The third-order valence-electron chi connectivity index (χ3n) is 3.76. The first kappa shape index (κ1) is 18.2. The average molecular weight is 299 g/mol. The van der Waals surface area contributed by atoms with Crippen LogP contribution in [-0.4, -0.2) is 56.4 Å². The number of carbonyl (C=O) groups is 1. The van der Waals surface area contributed by atoms with E-state index >= 15 is 0 Å². The maximum absolute atomic E-state index is 11.7. The fraction of sp³-hybridized carbons (Fsp3) is 0.938. The van der Waals surface area contributed by atoms with Crippen LogP contribution in [0.4, 0.5) is 4.79 Å². The van der Waals surface area contributed by atoms with Gasteiger partial charge in [0.25, 0.3) is 0 Å². The van der Waals surface area contributed by atoms with E-state index in [2.05, 4.69) is 29.6 Å². The summed E-state index contributed by atoms with van der Waals surface area (Å²) >= 11 is 0. The number of hydrogen-bond acceptors (Lipinski definition) is 4. The Labute approximate surface area is 129 Å². The molecule has 1 rings (SSSR count). The molecule has 21 heavy (non-hydrogen) atoms. The molecule has 0 saturated heterocycles. The van der Waals surface area contributed by atoms with Gasteiger partial charge in [0.15, 0.2) is 0 Å². The molecule has 0 heterocycles. The number of hydrogen-bond donors (Lipinski definition) is 2. The maximum Gasteiger partial charge on any atom is 0.407 e. The second kappa shape index (κ2) is 8.59. The van der Waals surface area contributed by atoms with Crippen LogP contribution < -0.4 is 10.6 Å². The first-order chi connectivity index (χ1) is 9.78. The summed E-state index contributed by atoms with van der Waals surface area (Å²) < 4.78 is 5.28. The molecule has 0 bridgehead atoms. The molecule has 5 heteroatoms. The molecule has 0 aromatic rings. The van der Waals surface area contributed by atoms with Gasteiger partial charge in [-0.2, -0.15) is 0 Å². The third kappa shape index (κ3) is 8.27. The van der Waals surface area contributed by atoms with Crippen molar-refractivity contribution >= 4 is 6.09 Å². The standard InChI is InChI=1S/C16H33N3O2/c1-16(2,3)21-15(20)18-12-13-8-6-9-14(13)17-10-7-11-19(4)5/h13-14,17H,6-12H2,1-5H3,(H,18,20). The van der Waals surface area contributed by atoms with Gasteiger partial charge < -0.3 is 20.3 Å². The number of ether oxygens (including phenoxy) is 1. The van der Waals surface area contributed by atoms with Crippen molar-refractivity contribution in [1.82, 2.24) is 15.5 Å². The summed E-state index contributed by atoms with van der Waals surface area (Å²) in [6.07, 6.45) is 4.49. The molecule has 2 N–H and O–H groups in total. The fourth-order valence-electron chi connectivity index (χ4n) is 2.76. The van der Waals surface area contributed by atoms with Crippen molar-refractivity contribution < 1.29 is 9.53 Å². The van der Waals surface area contributed by atoms with Crippen molar-refractivity contribution in [2.45, 2.75) is 58.1 Å². The first-order valence-electron chi connectivity index (χ1n) is 8.13. The number of amides is 1. The smallest absolute Gasteiger partial charge is 0.407 e. The van der Waals surface area contributed by atoms with Gasteiger partial charge in [0.2, 0.25) is 0 Å². The van der Waals surface area contributed by atoms with Crippen LogP contribution in [0.2, 0.25) is 0 Å². The summed E-state index contributed by atoms with van der Waals surface area (Å²) in [7, 11) is 4.20. The maximum atomic E-state index is 11.7. The number of rotatable bonds is 7. The van der Waals surface area contributed by atoms with E-state index < -0.39 is 5.60 Å². The molecule has 2 atom stereocenters. The van der Waals surface area contributed by atoms with Gasteiger partial charge in [0.05, 0.1) is 0 Å². The van der Waals surface area contributed by atoms with Gasteiger partial charge in [-0.3, -0.25) is 0 Å². The lowest BCUT2D eigenvalue weighted by molar-refractivity contribution is 0.0517. The Hall–Kier alpha value is -0.810. The van der Waals surface area contributed by atoms with E-state index in [1.54, 1.807) is 0 Å². The fourth-order valence-corrected chi connectivity index (χ4v) is 2.76. The Kier molecular flexibility index (Phi) is 7.46. The summed E-state index contributed by atoms with van der Waals surface area (Å²) in [4.78, 5) is 13.9. The Balaban J connectivity index is 2.22. The predicted octanol–water partition coefficient (Wildman–Crippen LogP) is 2.22.